The van der Waals surface area contributed by atoms with Crippen LogP contribution in [0.4, 0.5) is 0 Å². The molecule has 0 fully saturated rings. The SMILES string of the molecule is C[CH-]C.C[CH-]C.C[CH-]C.O.[Zr+3]. The van der Waals surface area contributed by atoms with Gasteiger partial charge in [-0.05, 0) is 0 Å². The fraction of sp³-hybridized carbons (Fsp3) is 0.667. The molecule has 0 heterocycles. The zero-order chi connectivity index (χ0) is 8.12. The number of hydrogen-bond acceptors (Lipinski definition) is 0. The Hall–Kier alpha value is 0.843. The Bertz CT molecular complexity index is 14.3. The van der Waals surface area contributed by atoms with E-state index in [9.17, 15) is 0 Å². The molecule has 0 saturated carbocycles. The maximum atomic E-state index is 2.00. The van der Waals surface area contributed by atoms with E-state index in [2.05, 4.69) is 0 Å². The Kier molecular flexibility index (Phi) is 192. The van der Waals surface area contributed by atoms with Crippen LogP contribution in [0.3, 0.4) is 0 Å². The molecule has 1 nitrogen and oxygen atoms in total. The topological polar surface area (TPSA) is 31.5 Å². The van der Waals surface area contributed by atoms with Crippen molar-refractivity contribution >= 4 is 0 Å². The first-order valence-corrected chi connectivity index (χ1v) is 3.46. The van der Waals surface area contributed by atoms with Gasteiger partial charge in [-0.15, -0.1) is 0 Å². The van der Waals surface area contributed by atoms with Gasteiger partial charge in [0.15, 0.2) is 0 Å². The molecule has 0 aliphatic carbocycles. The molecule has 0 aliphatic heterocycles. The molecule has 0 rings (SSSR count). The maximum absolute atomic E-state index is 2.00. The largest absolute Gasteiger partial charge is 3.00 e. The molecule has 2 N–H and O–H groups in total. The van der Waals surface area contributed by atoms with Crippen molar-refractivity contribution in [3.8, 4) is 0 Å². The van der Waals surface area contributed by atoms with Gasteiger partial charge in [0.2, 0.25) is 0 Å². The Morgan fingerprint density at radius 3 is 0.545 bits per heavy atom. The van der Waals surface area contributed by atoms with E-state index in [-0.39, 0.29) is 31.7 Å². The predicted molar refractivity (Wildman–Crippen MR) is 50.6 cm³/mol. The molecule has 69 valence electrons. The Morgan fingerprint density at radius 2 is 0.545 bits per heavy atom. The second-order valence-electron chi connectivity index (χ2n) is 1.73. The third-order valence-corrected chi connectivity index (χ3v) is 0. The summed E-state index contributed by atoms with van der Waals surface area (Å²) < 4.78 is 0. The van der Waals surface area contributed by atoms with Crippen LogP contribution in [-0.4, -0.2) is 5.48 Å². The van der Waals surface area contributed by atoms with E-state index < -0.39 is 0 Å². The van der Waals surface area contributed by atoms with Crippen molar-refractivity contribution < 1.29 is 31.7 Å². The first kappa shape index (κ1) is 29.7. The fourth-order valence-electron chi connectivity index (χ4n) is 0. The summed E-state index contributed by atoms with van der Waals surface area (Å²) in [5, 5.41) is 0. The smallest absolute Gasteiger partial charge is 0.412 e. The van der Waals surface area contributed by atoms with E-state index in [1.54, 1.807) is 0 Å². The minimum absolute atomic E-state index is 0. The van der Waals surface area contributed by atoms with Crippen molar-refractivity contribution in [3.63, 3.8) is 0 Å². The minimum atomic E-state index is 0. The molecule has 0 spiro atoms. The molecule has 0 aromatic heterocycles. The minimum Gasteiger partial charge on any atom is -0.412 e. The normalized spacial score (nSPS) is 4.91. The van der Waals surface area contributed by atoms with Gasteiger partial charge in [0.25, 0.3) is 0 Å². The van der Waals surface area contributed by atoms with Gasteiger partial charge in [-0.25, -0.2) is 0 Å². The molecule has 0 bridgehead atoms. The first-order valence-electron chi connectivity index (χ1n) is 3.46. The van der Waals surface area contributed by atoms with Crippen LogP contribution in [0.25, 0.3) is 0 Å². The van der Waals surface area contributed by atoms with Crippen molar-refractivity contribution in [1.82, 2.24) is 0 Å². The summed E-state index contributed by atoms with van der Waals surface area (Å²) in [6.45, 7) is 12.0. The molecule has 0 aliphatic rings. The van der Waals surface area contributed by atoms with Gasteiger partial charge in [0.05, 0.1) is 0 Å². The quantitative estimate of drug-likeness (QED) is 0.581. The van der Waals surface area contributed by atoms with Gasteiger partial charge in [0.1, 0.15) is 0 Å². The predicted octanol–water partition coefficient (Wildman–Crippen LogP) is 2.86. The summed E-state index contributed by atoms with van der Waals surface area (Å²) in [4.78, 5) is 0. The fourth-order valence-corrected chi connectivity index (χ4v) is 0. The van der Waals surface area contributed by atoms with Crippen LogP contribution >= 0.6 is 0 Å². The molecule has 0 aromatic carbocycles. The zero-order valence-electron chi connectivity index (χ0n) is 8.73. The van der Waals surface area contributed by atoms with Gasteiger partial charge in [-0.1, -0.05) is 0 Å². The van der Waals surface area contributed by atoms with Crippen molar-refractivity contribution in [3.05, 3.63) is 19.3 Å². The van der Waals surface area contributed by atoms with E-state index in [0.717, 1.165) is 0 Å². The molecule has 0 amide bonds. The van der Waals surface area contributed by atoms with Crippen molar-refractivity contribution in [2.45, 2.75) is 41.5 Å². The van der Waals surface area contributed by atoms with E-state index >= 15 is 0 Å². The number of rotatable bonds is 0. The first-order chi connectivity index (χ1) is 4.24. The zero-order valence-corrected chi connectivity index (χ0v) is 11.2. The molecule has 0 aromatic rings. The van der Waals surface area contributed by atoms with Crippen LogP contribution in [0.2, 0.25) is 0 Å². The van der Waals surface area contributed by atoms with Crippen LogP contribution in [0.1, 0.15) is 41.5 Å². The van der Waals surface area contributed by atoms with Crippen LogP contribution < -0.4 is 0 Å². The summed E-state index contributed by atoms with van der Waals surface area (Å²) in [6.07, 6.45) is 6.00. The molecule has 2 heteroatoms. The average molecular weight is 239 g/mol. The maximum Gasteiger partial charge on any atom is 3.00 e. The van der Waals surface area contributed by atoms with Gasteiger partial charge in [-0.3, -0.25) is 0 Å². The Balaban J connectivity index is -0.0000000150. The van der Waals surface area contributed by atoms with Crippen LogP contribution in [0, 0.1) is 19.3 Å². The summed E-state index contributed by atoms with van der Waals surface area (Å²) in [5.41, 5.74) is 0. The Labute approximate surface area is 92.4 Å². The summed E-state index contributed by atoms with van der Waals surface area (Å²) in [5.74, 6) is 0. The molecule has 0 atom stereocenters. The number of hydrogen-bond donors (Lipinski definition) is 0. The van der Waals surface area contributed by atoms with E-state index in [1.165, 1.54) is 0 Å². The van der Waals surface area contributed by atoms with Gasteiger partial charge in [0, 0.05) is 0 Å². The van der Waals surface area contributed by atoms with Gasteiger partial charge in [-0.2, -0.15) is 41.5 Å². The van der Waals surface area contributed by atoms with Gasteiger partial charge >= 0.3 is 26.2 Å². The monoisotopic (exact) mass is 237 g/mol. The summed E-state index contributed by atoms with van der Waals surface area (Å²) >= 11 is 0. The van der Waals surface area contributed by atoms with E-state index in [1.807, 2.05) is 60.8 Å². The summed E-state index contributed by atoms with van der Waals surface area (Å²) in [7, 11) is 0. The van der Waals surface area contributed by atoms with E-state index in [4.69, 9.17) is 0 Å². The molecule has 1 radical (unpaired) electrons. The van der Waals surface area contributed by atoms with Crippen LogP contribution in [0.5, 0.6) is 0 Å². The third-order valence-electron chi connectivity index (χ3n) is 0. The Morgan fingerprint density at radius 1 is 0.545 bits per heavy atom. The second kappa shape index (κ2) is 71.1. The molecule has 11 heavy (non-hydrogen) atoms. The standard InChI is InChI=1S/3C3H7.H2O.Zr/c3*1-3-2;;/h3*3H,1-2H3;1H2;/q3*-1;;+3. The van der Waals surface area contributed by atoms with Gasteiger partial charge < -0.3 is 24.7 Å². The average Bonchev–Trinajstić information content (AvgIpc) is 1.70. The van der Waals surface area contributed by atoms with Crippen molar-refractivity contribution in [1.29, 1.82) is 0 Å². The third kappa shape index (κ3) is 1190. The van der Waals surface area contributed by atoms with Crippen LogP contribution in [-0.2, 0) is 26.2 Å². The molecular weight excluding hydrogens is 215 g/mol. The van der Waals surface area contributed by atoms with Crippen molar-refractivity contribution in [2.75, 3.05) is 0 Å². The van der Waals surface area contributed by atoms with Crippen molar-refractivity contribution in [2.24, 2.45) is 0 Å². The molecular formula is C9H23OZr. The van der Waals surface area contributed by atoms with E-state index in [0.29, 0.717) is 0 Å². The molecule has 0 saturated heterocycles. The van der Waals surface area contributed by atoms with Crippen LogP contribution in [0.15, 0.2) is 0 Å². The summed E-state index contributed by atoms with van der Waals surface area (Å²) in [6, 6.07) is 0. The second-order valence-corrected chi connectivity index (χ2v) is 1.73. The molecule has 0 unspecified atom stereocenters.